The minimum absolute atomic E-state index is 0.00281. The molecule has 5 aromatic rings. The molecule has 1 N–H and O–H groups in total. The number of pyridine rings is 1. The lowest BCUT2D eigenvalue weighted by molar-refractivity contribution is 0.414. The molecular formula is C23H19N5O5S. The average molecular weight is 478 g/mol. The van der Waals surface area contributed by atoms with Gasteiger partial charge in [-0.2, -0.15) is 5.10 Å². The second kappa shape index (κ2) is 8.19. The van der Waals surface area contributed by atoms with Gasteiger partial charge in [0.2, 0.25) is 5.56 Å². The molecule has 2 aromatic carbocycles. The number of sulfonamides is 1. The maximum atomic E-state index is 14.0. The number of H-pyrrole nitrogens is 1. The summed E-state index contributed by atoms with van der Waals surface area (Å²) in [6, 6.07) is 15.9. The van der Waals surface area contributed by atoms with Gasteiger partial charge in [-0.25, -0.2) is 12.7 Å². The molecule has 0 fully saturated rings. The Morgan fingerprint density at radius 1 is 1.06 bits per heavy atom. The highest BCUT2D eigenvalue weighted by atomic mass is 32.2. The van der Waals surface area contributed by atoms with E-state index >= 15 is 0 Å². The van der Waals surface area contributed by atoms with Crippen molar-refractivity contribution in [1.29, 1.82) is 0 Å². The van der Waals surface area contributed by atoms with Crippen LogP contribution in [0.1, 0.15) is 0 Å². The first-order chi connectivity index (χ1) is 16.4. The fourth-order valence-electron chi connectivity index (χ4n) is 3.75. The molecule has 0 radical (unpaired) electrons. The molecule has 0 amide bonds. The van der Waals surface area contributed by atoms with Gasteiger partial charge in [0.25, 0.3) is 10.0 Å². The number of nitrogens with one attached hydrogen (secondary N) is 1. The zero-order valence-corrected chi connectivity index (χ0v) is 19.0. The molecule has 0 bridgehead atoms. The molecule has 0 aliphatic heterocycles. The van der Waals surface area contributed by atoms with E-state index in [-0.39, 0.29) is 22.0 Å². The second-order valence-corrected chi connectivity index (χ2v) is 9.21. The Hall–Kier alpha value is -4.38. The number of anilines is 2. The number of aromatic nitrogens is 4. The number of methoxy groups -OCH3 is 1. The highest BCUT2D eigenvalue weighted by Gasteiger charge is 2.31. The van der Waals surface area contributed by atoms with Crippen LogP contribution in [0, 0.1) is 0 Å². The standard InChI is InChI=1S/C23H19N5O5S/c1-27-19(9-11-24-27)16-3-7-21(32-2)20(14-16)28(22-10-12-33-26-22)34(30,31)17-5-6-18-15(13-17)4-8-23(29)25-18/h3-14H,1-2H3,(H,25,29). The van der Waals surface area contributed by atoms with Gasteiger partial charge in [0.1, 0.15) is 17.7 Å². The Morgan fingerprint density at radius 3 is 2.62 bits per heavy atom. The smallest absolute Gasteiger partial charge is 0.270 e. The molecule has 0 spiro atoms. The molecule has 34 heavy (non-hydrogen) atoms. The first-order valence-corrected chi connectivity index (χ1v) is 11.6. The van der Waals surface area contributed by atoms with Crippen LogP contribution in [-0.4, -0.2) is 35.4 Å². The van der Waals surface area contributed by atoms with Crippen LogP contribution < -0.4 is 14.6 Å². The zero-order chi connectivity index (χ0) is 23.9. The van der Waals surface area contributed by atoms with Crippen LogP contribution in [0.4, 0.5) is 11.5 Å². The Kier molecular flexibility index (Phi) is 5.17. The minimum atomic E-state index is -4.19. The van der Waals surface area contributed by atoms with Crippen molar-refractivity contribution in [2.24, 2.45) is 7.05 Å². The van der Waals surface area contributed by atoms with Crippen LogP contribution in [0.15, 0.2) is 87.3 Å². The highest BCUT2D eigenvalue weighted by molar-refractivity contribution is 7.93. The Balaban J connectivity index is 1.73. The number of hydrogen-bond donors (Lipinski definition) is 1. The van der Waals surface area contributed by atoms with E-state index in [1.807, 2.05) is 12.1 Å². The number of rotatable bonds is 6. The van der Waals surface area contributed by atoms with Crippen LogP contribution in [0.5, 0.6) is 5.75 Å². The van der Waals surface area contributed by atoms with Crippen LogP contribution in [-0.2, 0) is 17.1 Å². The number of aromatic amines is 1. The summed E-state index contributed by atoms with van der Waals surface area (Å²) in [5.41, 5.74) is 2.02. The molecule has 0 saturated heterocycles. The number of hydrogen-bond acceptors (Lipinski definition) is 7. The van der Waals surface area contributed by atoms with Gasteiger partial charge in [-0.05, 0) is 53.9 Å². The van der Waals surface area contributed by atoms with Gasteiger partial charge in [-0.15, -0.1) is 0 Å². The lowest BCUT2D eigenvalue weighted by atomic mass is 10.1. The van der Waals surface area contributed by atoms with E-state index in [2.05, 4.69) is 15.2 Å². The summed E-state index contributed by atoms with van der Waals surface area (Å²) < 4.78 is 41.2. The first kappa shape index (κ1) is 21.5. The van der Waals surface area contributed by atoms with Gasteiger partial charge in [0.05, 0.1) is 17.7 Å². The summed E-state index contributed by atoms with van der Waals surface area (Å²) in [7, 11) is -0.933. The van der Waals surface area contributed by atoms with Crippen molar-refractivity contribution in [3.63, 3.8) is 0 Å². The van der Waals surface area contributed by atoms with Gasteiger partial charge >= 0.3 is 0 Å². The van der Waals surface area contributed by atoms with Gasteiger partial charge < -0.3 is 14.2 Å². The fraction of sp³-hybridized carbons (Fsp3) is 0.0870. The van der Waals surface area contributed by atoms with E-state index in [0.29, 0.717) is 16.7 Å². The number of ether oxygens (including phenoxy) is 1. The highest BCUT2D eigenvalue weighted by Crippen LogP contribution is 2.40. The van der Waals surface area contributed by atoms with Gasteiger partial charge in [0.15, 0.2) is 5.82 Å². The van der Waals surface area contributed by atoms with E-state index in [0.717, 1.165) is 15.6 Å². The topological polar surface area (TPSA) is 123 Å². The van der Waals surface area contributed by atoms with Crippen LogP contribution >= 0.6 is 0 Å². The summed E-state index contributed by atoms with van der Waals surface area (Å²) in [6.45, 7) is 0. The van der Waals surface area contributed by atoms with E-state index in [1.54, 1.807) is 42.2 Å². The van der Waals surface area contributed by atoms with Gasteiger partial charge in [0, 0.05) is 36.5 Å². The van der Waals surface area contributed by atoms with Crippen molar-refractivity contribution in [1.82, 2.24) is 19.9 Å². The molecule has 0 aliphatic rings. The minimum Gasteiger partial charge on any atom is -0.495 e. The number of benzene rings is 2. The van der Waals surface area contributed by atoms with Crippen molar-refractivity contribution in [3.8, 4) is 17.0 Å². The van der Waals surface area contributed by atoms with Crippen molar-refractivity contribution >= 4 is 32.4 Å². The van der Waals surface area contributed by atoms with Crippen molar-refractivity contribution in [3.05, 3.63) is 83.5 Å². The maximum Gasteiger partial charge on any atom is 0.270 e. The molecule has 0 aliphatic carbocycles. The van der Waals surface area contributed by atoms with E-state index in [1.165, 1.54) is 37.6 Å². The maximum absolute atomic E-state index is 14.0. The van der Waals surface area contributed by atoms with E-state index < -0.39 is 10.0 Å². The summed E-state index contributed by atoms with van der Waals surface area (Å²) in [6.07, 6.45) is 2.95. The first-order valence-electron chi connectivity index (χ1n) is 10.1. The number of fused-ring (bicyclic) bond motifs is 1. The number of nitrogens with zero attached hydrogens (tertiary/aromatic N) is 4. The Bertz CT molecular complexity index is 1650. The molecule has 11 heteroatoms. The fourth-order valence-corrected chi connectivity index (χ4v) is 5.22. The third-order valence-corrected chi connectivity index (χ3v) is 7.09. The summed E-state index contributed by atoms with van der Waals surface area (Å²) in [4.78, 5) is 14.3. The van der Waals surface area contributed by atoms with Gasteiger partial charge in [-0.1, -0.05) is 5.16 Å². The Morgan fingerprint density at radius 2 is 1.91 bits per heavy atom. The molecule has 0 atom stereocenters. The van der Waals surface area contributed by atoms with E-state index in [4.69, 9.17) is 9.26 Å². The normalized spacial score (nSPS) is 11.6. The molecular weight excluding hydrogens is 458 g/mol. The van der Waals surface area contributed by atoms with Crippen molar-refractivity contribution in [2.45, 2.75) is 4.90 Å². The van der Waals surface area contributed by atoms with E-state index in [9.17, 15) is 13.2 Å². The monoisotopic (exact) mass is 477 g/mol. The molecule has 3 aromatic heterocycles. The van der Waals surface area contributed by atoms with Crippen LogP contribution in [0.25, 0.3) is 22.2 Å². The predicted octanol–water partition coefficient (Wildman–Crippen LogP) is 3.45. The Labute approximate surface area is 194 Å². The molecule has 10 nitrogen and oxygen atoms in total. The third kappa shape index (κ3) is 3.61. The predicted molar refractivity (Wildman–Crippen MR) is 126 cm³/mol. The molecule has 3 heterocycles. The summed E-state index contributed by atoms with van der Waals surface area (Å²) in [5.74, 6) is 0.379. The molecule has 172 valence electrons. The quantitative estimate of drug-likeness (QED) is 0.397. The second-order valence-electron chi connectivity index (χ2n) is 7.43. The molecule has 0 unspecified atom stereocenters. The average Bonchev–Trinajstić information content (AvgIpc) is 3.50. The van der Waals surface area contributed by atoms with Crippen LogP contribution in [0.3, 0.4) is 0 Å². The van der Waals surface area contributed by atoms with Gasteiger partial charge in [-0.3, -0.25) is 9.48 Å². The molecule has 0 saturated carbocycles. The summed E-state index contributed by atoms with van der Waals surface area (Å²) >= 11 is 0. The zero-order valence-electron chi connectivity index (χ0n) is 18.2. The van der Waals surface area contributed by atoms with Crippen molar-refractivity contribution < 1.29 is 17.7 Å². The van der Waals surface area contributed by atoms with Crippen molar-refractivity contribution in [2.75, 3.05) is 11.4 Å². The third-order valence-electron chi connectivity index (χ3n) is 5.38. The number of aryl methyl sites for hydroxylation is 1. The lowest BCUT2D eigenvalue weighted by Gasteiger charge is -2.24. The molecule has 5 rings (SSSR count). The summed E-state index contributed by atoms with van der Waals surface area (Å²) in [5, 5.41) is 8.65. The largest absolute Gasteiger partial charge is 0.495 e. The SMILES string of the molecule is COc1ccc(-c2ccnn2C)cc1N(c1ccon1)S(=O)(=O)c1ccc2[nH]c(=O)ccc2c1. The lowest BCUT2D eigenvalue weighted by Crippen LogP contribution is -2.27. The van der Waals surface area contributed by atoms with Crippen LogP contribution in [0.2, 0.25) is 0 Å².